The summed E-state index contributed by atoms with van der Waals surface area (Å²) in [7, 11) is 4.11. The minimum atomic E-state index is -2.30. The zero-order valence-electron chi connectivity index (χ0n) is 21.3. The first-order chi connectivity index (χ1) is 15.3. The third-order valence-corrected chi connectivity index (χ3v) is 28.9. The van der Waals surface area contributed by atoms with Crippen LogP contribution in [0.1, 0.15) is 91.4 Å². The Morgan fingerprint density at radius 1 is 1.12 bits per heavy atom. The molecule has 7 heteroatoms. The van der Waals surface area contributed by atoms with Gasteiger partial charge in [0.15, 0.2) is 0 Å². The molecule has 0 radical (unpaired) electrons. The fourth-order valence-electron chi connectivity index (χ4n) is 3.98. The number of hydrogen-bond donors (Lipinski definition) is 0. The van der Waals surface area contributed by atoms with Crippen molar-refractivity contribution in [3.63, 3.8) is 0 Å². The molecule has 0 aromatic rings. The Balaban J connectivity index is 2.69. The monoisotopic (exact) mass is 596 g/mol. The van der Waals surface area contributed by atoms with Gasteiger partial charge in [0.25, 0.3) is 0 Å². The standard InChI is InChI=1S/C23H44O4S2.2CH3.Sn/c1-4-7-10-19(5-2)18-27-23(25)21(13-15-28)12-9-8-11-20(6-3)17-26-22(24)14-16-29;;;/h19-21,28-29H,4-18H2,1-3H3;2*1H3;/q;;;+2/p-2. The number of cyclic esters (lactones) is 1. The first-order valence-corrected chi connectivity index (χ1v) is 27.6. The average Bonchev–Trinajstić information content (AvgIpc) is 2.76. The van der Waals surface area contributed by atoms with Gasteiger partial charge >= 0.3 is 208 Å². The van der Waals surface area contributed by atoms with Gasteiger partial charge in [0.05, 0.1) is 0 Å². The van der Waals surface area contributed by atoms with Crippen molar-refractivity contribution in [3.8, 4) is 0 Å². The van der Waals surface area contributed by atoms with Crippen LogP contribution in [0.15, 0.2) is 0 Å². The van der Waals surface area contributed by atoms with Gasteiger partial charge in [-0.25, -0.2) is 0 Å². The second-order valence-electron chi connectivity index (χ2n) is 9.62. The summed E-state index contributed by atoms with van der Waals surface area (Å²) in [6.45, 7) is 7.72. The van der Waals surface area contributed by atoms with Crippen molar-refractivity contribution >= 4 is 45.4 Å². The Hall–Kier alpha value is 0.439. The van der Waals surface area contributed by atoms with Gasteiger partial charge in [-0.3, -0.25) is 0 Å². The summed E-state index contributed by atoms with van der Waals surface area (Å²) in [6, 6.07) is 0. The number of carbonyl (C=O) groups is 2. The molecule has 0 saturated carbocycles. The van der Waals surface area contributed by atoms with Crippen molar-refractivity contribution in [1.29, 1.82) is 0 Å². The molecule has 1 aliphatic rings. The van der Waals surface area contributed by atoms with E-state index in [-0.39, 0.29) is 17.9 Å². The third kappa shape index (κ3) is 14.0. The van der Waals surface area contributed by atoms with E-state index in [1.165, 1.54) is 12.8 Å². The Kier molecular flexibility index (Phi) is 17.0. The molecule has 0 amide bonds. The molecule has 0 spiro atoms. The summed E-state index contributed by atoms with van der Waals surface area (Å²) < 4.78 is 11.4. The number of carbonyl (C=O) groups excluding carboxylic acids is 2. The molecule has 1 heterocycles. The van der Waals surface area contributed by atoms with Crippen LogP contribution in [0.25, 0.3) is 0 Å². The van der Waals surface area contributed by atoms with E-state index < -0.39 is 15.6 Å². The average molecular weight is 596 g/mol. The van der Waals surface area contributed by atoms with Gasteiger partial charge in [0.2, 0.25) is 0 Å². The van der Waals surface area contributed by atoms with Crippen molar-refractivity contribution < 1.29 is 19.1 Å². The molecule has 0 N–H and O–H groups in total. The van der Waals surface area contributed by atoms with Crippen LogP contribution < -0.4 is 0 Å². The van der Waals surface area contributed by atoms with Crippen LogP contribution in [0.3, 0.4) is 0 Å². The minimum absolute atomic E-state index is 0.0308. The first kappa shape index (κ1) is 30.5. The molecule has 4 nitrogen and oxygen atoms in total. The summed E-state index contributed by atoms with van der Waals surface area (Å²) in [5.74, 6) is 2.85. The van der Waals surface area contributed by atoms with E-state index in [1.807, 2.05) is 8.95 Å². The van der Waals surface area contributed by atoms with Crippen molar-refractivity contribution in [3.05, 3.63) is 0 Å². The Bertz CT molecular complexity index is 530. The molecule has 3 unspecified atom stereocenters. The molecule has 0 bridgehead atoms. The van der Waals surface area contributed by atoms with Crippen molar-refractivity contribution in [2.24, 2.45) is 17.8 Å². The molecule has 188 valence electrons. The van der Waals surface area contributed by atoms with Gasteiger partial charge in [0, 0.05) is 0 Å². The van der Waals surface area contributed by atoms with Crippen LogP contribution in [0.4, 0.5) is 0 Å². The van der Waals surface area contributed by atoms with Crippen molar-refractivity contribution in [2.75, 3.05) is 24.7 Å². The second kappa shape index (κ2) is 17.8. The summed E-state index contributed by atoms with van der Waals surface area (Å²) >= 11 is -2.30. The molecule has 3 atom stereocenters. The van der Waals surface area contributed by atoms with Gasteiger partial charge in [-0.05, 0) is 0 Å². The zero-order chi connectivity index (χ0) is 23.8. The van der Waals surface area contributed by atoms with E-state index in [2.05, 4.69) is 39.6 Å². The Morgan fingerprint density at radius 2 is 1.84 bits per heavy atom. The predicted octanol–water partition coefficient (Wildman–Crippen LogP) is 7.45. The maximum atomic E-state index is 13.0. The molecule has 1 aliphatic heterocycles. The molecular formula is C25H48O4S2Sn. The number of hydrogen-bond acceptors (Lipinski definition) is 6. The van der Waals surface area contributed by atoms with Crippen LogP contribution in [-0.4, -0.2) is 52.3 Å². The first-order valence-electron chi connectivity index (χ1n) is 12.9. The molecule has 1 saturated heterocycles. The van der Waals surface area contributed by atoms with E-state index in [9.17, 15) is 9.59 Å². The van der Waals surface area contributed by atoms with Gasteiger partial charge in [-0.2, -0.15) is 0 Å². The summed E-state index contributed by atoms with van der Waals surface area (Å²) in [6.07, 6.45) is 11.2. The SMILES string of the molecule is CCCCC(CC)COC(=O)C1CCCCC(CC)COC(=O)CC[S][Sn]([CH3])([CH3])[S]CC1. The number of ether oxygens (including phenoxy) is 2. The van der Waals surface area contributed by atoms with E-state index in [1.54, 1.807) is 0 Å². The molecule has 1 rings (SSSR count). The van der Waals surface area contributed by atoms with E-state index in [0.29, 0.717) is 31.5 Å². The fraction of sp³-hybridized carbons (Fsp3) is 0.920. The topological polar surface area (TPSA) is 52.6 Å². The van der Waals surface area contributed by atoms with Crippen molar-refractivity contribution in [2.45, 2.75) is 101 Å². The normalized spacial score (nSPS) is 25.0. The molecule has 32 heavy (non-hydrogen) atoms. The van der Waals surface area contributed by atoms with Gasteiger partial charge in [0.1, 0.15) is 0 Å². The summed E-state index contributed by atoms with van der Waals surface area (Å²) in [5.41, 5.74) is 0. The quantitative estimate of drug-likeness (QED) is 0.215. The van der Waals surface area contributed by atoms with Gasteiger partial charge in [-0.1, -0.05) is 0 Å². The van der Waals surface area contributed by atoms with Crippen LogP contribution in [-0.2, 0) is 19.1 Å². The second-order valence-corrected chi connectivity index (χ2v) is 39.4. The molecule has 0 aromatic carbocycles. The Morgan fingerprint density at radius 3 is 2.53 bits per heavy atom. The van der Waals surface area contributed by atoms with Crippen LogP contribution in [0.2, 0.25) is 9.88 Å². The van der Waals surface area contributed by atoms with Crippen molar-refractivity contribution in [1.82, 2.24) is 0 Å². The molecule has 0 aromatic heterocycles. The van der Waals surface area contributed by atoms with Crippen LogP contribution >= 0.6 is 17.9 Å². The third-order valence-electron chi connectivity index (χ3n) is 6.48. The molecule has 0 aliphatic carbocycles. The molecule has 1 fully saturated rings. The number of rotatable bonds is 8. The Labute approximate surface area is 207 Å². The fourth-order valence-corrected chi connectivity index (χ4v) is 21.8. The molecular weight excluding hydrogens is 547 g/mol. The van der Waals surface area contributed by atoms with Gasteiger partial charge in [-0.15, -0.1) is 0 Å². The van der Waals surface area contributed by atoms with E-state index in [0.717, 1.165) is 62.9 Å². The van der Waals surface area contributed by atoms with E-state index in [4.69, 9.17) is 9.47 Å². The number of unbranched alkanes of at least 4 members (excludes halogenated alkanes) is 1. The van der Waals surface area contributed by atoms with Crippen LogP contribution in [0, 0.1) is 17.8 Å². The predicted molar refractivity (Wildman–Crippen MR) is 143 cm³/mol. The summed E-state index contributed by atoms with van der Waals surface area (Å²) in [5, 5.41) is 0. The van der Waals surface area contributed by atoms with Gasteiger partial charge < -0.3 is 0 Å². The number of esters is 2. The maximum absolute atomic E-state index is 13.0. The van der Waals surface area contributed by atoms with E-state index >= 15 is 0 Å². The summed E-state index contributed by atoms with van der Waals surface area (Å²) in [4.78, 5) is 29.9. The van der Waals surface area contributed by atoms with Crippen LogP contribution in [0.5, 0.6) is 0 Å². The zero-order valence-corrected chi connectivity index (χ0v) is 25.8.